The monoisotopic (exact) mass is 606 g/mol. The van der Waals surface area contributed by atoms with E-state index in [9.17, 15) is 4.79 Å². The van der Waals surface area contributed by atoms with Gasteiger partial charge in [-0.25, -0.2) is 0 Å². The van der Waals surface area contributed by atoms with Crippen molar-refractivity contribution in [3.63, 3.8) is 0 Å². The summed E-state index contributed by atoms with van der Waals surface area (Å²) in [7, 11) is 0. The minimum absolute atomic E-state index is 0. The van der Waals surface area contributed by atoms with Crippen molar-refractivity contribution in [1.29, 1.82) is 0 Å². The van der Waals surface area contributed by atoms with E-state index in [0.29, 0.717) is 0 Å². The van der Waals surface area contributed by atoms with E-state index in [1.54, 1.807) is 0 Å². The molecule has 1 nitrogen and oxygen atoms in total. The Morgan fingerprint density at radius 2 is 1.06 bits per heavy atom. The van der Waals surface area contributed by atoms with E-state index in [2.05, 4.69) is 6.07 Å². The zero-order valence-corrected chi connectivity index (χ0v) is 25.1. The predicted octanol–water partition coefficient (Wildman–Crippen LogP) is 2.52. The van der Waals surface area contributed by atoms with Crippen LogP contribution in [0.3, 0.4) is 0 Å². The van der Waals surface area contributed by atoms with Gasteiger partial charge in [0.25, 0.3) is 0 Å². The van der Waals surface area contributed by atoms with Crippen LogP contribution in [0.2, 0.25) is 0 Å². The maximum absolute atomic E-state index is 10.7. The van der Waals surface area contributed by atoms with Crippen molar-refractivity contribution in [2.24, 2.45) is 0 Å². The standard InChI is InChI=1S/C11H13O.5Y/c1-7-5-8(2)10(4)11(6-12)9(7)3;;;;;/h6H,1-4H3;;;;;/q-1;;;;;. The second-order valence-corrected chi connectivity index (χ2v) is 3.16. The zero-order chi connectivity index (χ0) is 9.30. The number of rotatable bonds is 1. The summed E-state index contributed by atoms with van der Waals surface area (Å²) in [5.74, 6) is 0. The van der Waals surface area contributed by atoms with Gasteiger partial charge in [0.15, 0.2) is 0 Å². The van der Waals surface area contributed by atoms with Gasteiger partial charge in [0.1, 0.15) is 6.29 Å². The maximum Gasteiger partial charge on any atom is 0.126 e. The molecule has 0 bridgehead atoms. The summed E-state index contributed by atoms with van der Waals surface area (Å²) >= 11 is 0. The SMILES string of the molecule is Cc1[c-]c(C)c(C)c(C=O)c1C.[Y].[Y].[Y].[Y].[Y]. The van der Waals surface area contributed by atoms with Gasteiger partial charge in [-0.1, -0.05) is 33.3 Å². The van der Waals surface area contributed by atoms with E-state index < -0.39 is 0 Å². The summed E-state index contributed by atoms with van der Waals surface area (Å²) in [6.07, 6.45) is 0.929. The Kier molecular flexibility index (Phi) is 32.7. The average molecular weight is 606 g/mol. The van der Waals surface area contributed by atoms with Crippen LogP contribution in [0.5, 0.6) is 0 Å². The third-order valence-corrected chi connectivity index (χ3v) is 2.43. The van der Waals surface area contributed by atoms with Crippen LogP contribution < -0.4 is 0 Å². The fraction of sp³-hybridized carbons (Fsp3) is 0.364. The quantitative estimate of drug-likeness (QED) is 0.356. The van der Waals surface area contributed by atoms with Crippen LogP contribution in [-0.4, -0.2) is 6.29 Å². The molecule has 0 saturated carbocycles. The fourth-order valence-electron chi connectivity index (χ4n) is 1.33. The molecule has 6 heteroatoms. The third-order valence-electron chi connectivity index (χ3n) is 2.43. The van der Waals surface area contributed by atoms with Crippen LogP contribution in [-0.2, 0) is 164 Å². The second kappa shape index (κ2) is 16.8. The van der Waals surface area contributed by atoms with E-state index in [0.717, 1.165) is 34.1 Å². The minimum Gasteiger partial charge on any atom is -0.300 e. The van der Waals surface area contributed by atoms with Crippen molar-refractivity contribution in [3.05, 3.63) is 33.9 Å². The molecule has 0 N–H and O–H groups in total. The molecular formula is C11H13OY5-. The van der Waals surface area contributed by atoms with Gasteiger partial charge in [-0.05, 0) is 0 Å². The Morgan fingerprint density at radius 3 is 1.29 bits per heavy atom. The van der Waals surface area contributed by atoms with E-state index in [1.165, 1.54) is 0 Å². The number of aldehydes is 1. The largest absolute Gasteiger partial charge is 0.300 e. The topological polar surface area (TPSA) is 17.1 Å². The van der Waals surface area contributed by atoms with Gasteiger partial charge >= 0.3 is 0 Å². The van der Waals surface area contributed by atoms with E-state index in [-0.39, 0.29) is 164 Å². The van der Waals surface area contributed by atoms with Gasteiger partial charge < -0.3 is 4.79 Å². The smallest absolute Gasteiger partial charge is 0.126 e. The molecule has 17 heavy (non-hydrogen) atoms. The molecule has 0 heterocycles. The van der Waals surface area contributed by atoms with Gasteiger partial charge in [-0.3, -0.25) is 0 Å². The molecule has 0 aliphatic heterocycles. The molecule has 0 fully saturated rings. The molecule has 0 amide bonds. The van der Waals surface area contributed by atoms with Gasteiger partial charge in [-0.15, -0.1) is 11.1 Å². The first kappa shape index (κ1) is 33.1. The van der Waals surface area contributed by atoms with Crippen molar-refractivity contribution in [2.45, 2.75) is 27.7 Å². The Labute approximate surface area is 230 Å². The number of hydrogen-bond donors (Lipinski definition) is 0. The predicted molar refractivity (Wildman–Crippen MR) is 49.6 cm³/mol. The van der Waals surface area contributed by atoms with Crippen molar-refractivity contribution in [2.75, 3.05) is 0 Å². The fourth-order valence-corrected chi connectivity index (χ4v) is 1.33. The summed E-state index contributed by atoms with van der Waals surface area (Å²) in [5, 5.41) is 0. The molecular weight excluding hydrogens is 593 g/mol. The van der Waals surface area contributed by atoms with Crippen LogP contribution in [0, 0.1) is 33.8 Å². The molecule has 1 aromatic carbocycles. The summed E-state index contributed by atoms with van der Waals surface area (Å²) in [6, 6.07) is 3.22. The molecule has 1 aromatic rings. The van der Waals surface area contributed by atoms with Gasteiger partial charge in [-0.2, -0.15) is 17.2 Å². The maximum atomic E-state index is 10.7. The third kappa shape index (κ3) is 9.92. The first-order chi connectivity index (χ1) is 5.57. The first-order valence-corrected chi connectivity index (χ1v) is 4.02. The minimum atomic E-state index is 0. The van der Waals surface area contributed by atoms with E-state index >= 15 is 0 Å². The normalized spacial score (nSPS) is 7.06. The molecule has 0 aliphatic carbocycles. The summed E-state index contributed by atoms with van der Waals surface area (Å²) in [4.78, 5) is 10.7. The van der Waals surface area contributed by atoms with Crippen molar-refractivity contribution < 1.29 is 168 Å². The number of hydrogen-bond acceptors (Lipinski definition) is 1. The Bertz CT molecular complexity index is 313. The second-order valence-electron chi connectivity index (χ2n) is 3.16. The van der Waals surface area contributed by atoms with Crippen molar-refractivity contribution in [3.8, 4) is 0 Å². The number of benzene rings is 1. The van der Waals surface area contributed by atoms with E-state index in [1.807, 2.05) is 27.7 Å². The number of aryl methyl sites for hydroxylation is 2. The molecule has 0 aliphatic rings. The van der Waals surface area contributed by atoms with E-state index in [4.69, 9.17) is 0 Å². The molecule has 0 spiro atoms. The average Bonchev–Trinajstić information content (AvgIpc) is 2.02. The van der Waals surface area contributed by atoms with Crippen LogP contribution in [0.15, 0.2) is 0 Å². The van der Waals surface area contributed by atoms with Gasteiger partial charge in [0.05, 0.1) is 0 Å². The summed E-state index contributed by atoms with van der Waals surface area (Å²) in [5.41, 5.74) is 5.06. The zero-order valence-electron chi connectivity index (χ0n) is 10.9. The van der Waals surface area contributed by atoms with Crippen LogP contribution in [0.1, 0.15) is 32.6 Å². The number of carbonyl (C=O) groups is 1. The summed E-state index contributed by atoms with van der Waals surface area (Å²) < 4.78 is 0. The number of carbonyl (C=O) groups excluding carboxylic acids is 1. The summed E-state index contributed by atoms with van der Waals surface area (Å²) in [6.45, 7) is 7.88. The Hall–Kier alpha value is 4.41. The molecule has 79 valence electrons. The molecule has 0 unspecified atom stereocenters. The molecule has 0 saturated heterocycles. The first-order valence-electron chi connectivity index (χ1n) is 4.02. The van der Waals surface area contributed by atoms with Crippen molar-refractivity contribution >= 4 is 6.29 Å². The Morgan fingerprint density at radius 1 is 0.765 bits per heavy atom. The van der Waals surface area contributed by atoms with Gasteiger partial charge in [0, 0.05) is 164 Å². The molecule has 1 rings (SSSR count). The van der Waals surface area contributed by atoms with Crippen LogP contribution >= 0.6 is 0 Å². The van der Waals surface area contributed by atoms with Crippen molar-refractivity contribution in [1.82, 2.24) is 0 Å². The molecule has 0 atom stereocenters. The van der Waals surface area contributed by atoms with Gasteiger partial charge in [0.2, 0.25) is 0 Å². The van der Waals surface area contributed by atoms with Crippen LogP contribution in [0.4, 0.5) is 0 Å². The molecule has 0 aromatic heterocycles. The Balaban J connectivity index is -0.0000000960. The van der Waals surface area contributed by atoms with Crippen LogP contribution in [0.25, 0.3) is 0 Å². The molecule has 5 radical (unpaired) electrons.